The predicted octanol–water partition coefficient (Wildman–Crippen LogP) is 5.80. The molecule has 0 aliphatic heterocycles. The number of aromatic nitrogens is 1. The number of alkyl halides is 3. The quantitative estimate of drug-likeness (QED) is 0.561. The van der Waals surface area contributed by atoms with Crippen molar-refractivity contribution < 1.29 is 13.2 Å². The molecule has 0 saturated heterocycles. The van der Waals surface area contributed by atoms with E-state index in [9.17, 15) is 13.2 Å². The first-order chi connectivity index (χ1) is 11.9. The van der Waals surface area contributed by atoms with Crippen LogP contribution in [0.1, 0.15) is 17.4 Å². The monoisotopic (exact) mass is 362 g/mol. The Morgan fingerprint density at radius 2 is 1.76 bits per heavy atom. The molecule has 0 bridgehead atoms. The smallest absolute Gasteiger partial charge is 0.316 e. The molecular weight excluding hydrogens is 345 g/mol. The van der Waals surface area contributed by atoms with Gasteiger partial charge in [-0.3, -0.25) is 0 Å². The van der Waals surface area contributed by atoms with Crippen LogP contribution in [0.4, 0.5) is 18.9 Å². The Kier molecular flexibility index (Phi) is 4.81. The summed E-state index contributed by atoms with van der Waals surface area (Å²) in [6.45, 7) is 4.69. The topological polar surface area (TPSA) is 17.3 Å². The van der Waals surface area contributed by atoms with Crippen LogP contribution in [0.2, 0.25) is 0 Å². The maximum Gasteiger partial charge on any atom is 0.416 e. The first-order valence-corrected chi connectivity index (χ1v) is 8.69. The van der Waals surface area contributed by atoms with Gasteiger partial charge in [0.25, 0.3) is 0 Å². The normalized spacial score (nSPS) is 12.6. The molecule has 3 rings (SSSR count). The lowest BCUT2D eigenvalue weighted by atomic mass is 10.1. The summed E-state index contributed by atoms with van der Waals surface area (Å²) in [5.74, 6) is 0. The van der Waals surface area contributed by atoms with Gasteiger partial charge < -0.3 is 4.57 Å². The van der Waals surface area contributed by atoms with E-state index in [1.807, 2.05) is 48.7 Å². The number of aryl methyl sites for hydroxylation is 1. The molecule has 0 aliphatic carbocycles. The van der Waals surface area contributed by atoms with Crippen LogP contribution in [-0.2, 0) is 12.7 Å². The van der Waals surface area contributed by atoms with E-state index in [1.165, 1.54) is 17.4 Å². The molecule has 1 heterocycles. The number of hydrogen-bond acceptors (Lipinski definition) is 2. The molecule has 0 aliphatic rings. The van der Waals surface area contributed by atoms with Crippen LogP contribution in [-0.4, -0.2) is 4.57 Å². The fourth-order valence-electron chi connectivity index (χ4n) is 2.72. The first-order valence-electron chi connectivity index (χ1n) is 7.88. The van der Waals surface area contributed by atoms with Crippen molar-refractivity contribution in [2.24, 2.45) is 4.99 Å². The molecule has 25 heavy (non-hydrogen) atoms. The van der Waals surface area contributed by atoms with Gasteiger partial charge in [0.1, 0.15) is 0 Å². The van der Waals surface area contributed by atoms with E-state index in [0.717, 1.165) is 28.3 Å². The molecule has 3 aromatic rings. The predicted molar refractivity (Wildman–Crippen MR) is 94.8 cm³/mol. The van der Waals surface area contributed by atoms with Gasteiger partial charge in [-0.05, 0) is 37.6 Å². The average Bonchev–Trinajstić information content (AvgIpc) is 2.90. The van der Waals surface area contributed by atoms with E-state index in [0.29, 0.717) is 17.0 Å². The van der Waals surface area contributed by atoms with Gasteiger partial charge in [0.05, 0.1) is 16.9 Å². The number of halogens is 3. The van der Waals surface area contributed by atoms with Crippen LogP contribution in [0.25, 0.3) is 11.3 Å². The van der Waals surface area contributed by atoms with Gasteiger partial charge >= 0.3 is 6.18 Å². The maximum absolute atomic E-state index is 12.9. The standard InChI is InChI=1S/C19H17F3N2S/c1-3-24-17(14-8-5-4-6-9-14)13(2)25-18(24)23-16-11-7-10-15(12-16)19(20,21)22/h4-12H,3H2,1-2H3. The summed E-state index contributed by atoms with van der Waals surface area (Å²) in [6.07, 6.45) is -4.37. The summed E-state index contributed by atoms with van der Waals surface area (Å²) in [4.78, 5) is 6.25. The third kappa shape index (κ3) is 3.69. The number of nitrogens with zero attached hydrogens (tertiary/aromatic N) is 2. The molecule has 1 aromatic heterocycles. The SMILES string of the molecule is CCn1c(-c2ccccc2)c(C)sc1=Nc1cccc(C(F)(F)F)c1. The number of benzene rings is 2. The molecule has 0 unspecified atom stereocenters. The summed E-state index contributed by atoms with van der Waals surface area (Å²) >= 11 is 1.48. The first kappa shape index (κ1) is 17.5. The van der Waals surface area contributed by atoms with E-state index in [4.69, 9.17) is 0 Å². The van der Waals surface area contributed by atoms with Gasteiger partial charge in [0, 0.05) is 11.4 Å². The van der Waals surface area contributed by atoms with Crippen molar-refractivity contribution >= 4 is 17.0 Å². The second-order valence-corrected chi connectivity index (χ2v) is 6.74. The van der Waals surface area contributed by atoms with Gasteiger partial charge in [-0.25, -0.2) is 4.99 Å². The lowest BCUT2D eigenvalue weighted by Gasteiger charge is -2.08. The fourth-order valence-corrected chi connectivity index (χ4v) is 3.80. The van der Waals surface area contributed by atoms with Crippen molar-refractivity contribution in [2.45, 2.75) is 26.6 Å². The highest BCUT2D eigenvalue weighted by molar-refractivity contribution is 7.09. The van der Waals surface area contributed by atoms with Crippen molar-refractivity contribution in [1.29, 1.82) is 0 Å². The van der Waals surface area contributed by atoms with Gasteiger partial charge in [0.15, 0.2) is 4.80 Å². The van der Waals surface area contributed by atoms with Crippen molar-refractivity contribution in [1.82, 2.24) is 4.57 Å². The van der Waals surface area contributed by atoms with Crippen molar-refractivity contribution in [3.05, 3.63) is 69.8 Å². The minimum atomic E-state index is -4.37. The number of thiazole rings is 1. The zero-order valence-corrected chi connectivity index (χ0v) is 14.7. The Hall–Kier alpha value is -2.34. The van der Waals surface area contributed by atoms with Crippen LogP contribution in [0, 0.1) is 6.92 Å². The summed E-state index contributed by atoms with van der Waals surface area (Å²) < 4.78 is 40.7. The molecule has 0 fully saturated rings. The molecular formula is C19H17F3N2S. The molecule has 0 saturated carbocycles. The van der Waals surface area contributed by atoms with E-state index in [2.05, 4.69) is 4.99 Å². The Morgan fingerprint density at radius 3 is 2.40 bits per heavy atom. The number of rotatable bonds is 3. The minimum Gasteiger partial charge on any atom is -0.316 e. The molecule has 6 heteroatoms. The van der Waals surface area contributed by atoms with Crippen LogP contribution < -0.4 is 4.80 Å². The van der Waals surface area contributed by atoms with E-state index < -0.39 is 11.7 Å². The Morgan fingerprint density at radius 1 is 1.04 bits per heavy atom. The highest BCUT2D eigenvalue weighted by atomic mass is 32.1. The van der Waals surface area contributed by atoms with Crippen molar-refractivity contribution in [3.63, 3.8) is 0 Å². The average molecular weight is 362 g/mol. The highest BCUT2D eigenvalue weighted by Gasteiger charge is 2.30. The maximum atomic E-state index is 12.9. The molecule has 0 spiro atoms. The van der Waals surface area contributed by atoms with Crippen molar-refractivity contribution in [3.8, 4) is 11.3 Å². The molecule has 0 N–H and O–H groups in total. The van der Waals surface area contributed by atoms with Crippen LogP contribution in [0.3, 0.4) is 0 Å². The van der Waals surface area contributed by atoms with Crippen LogP contribution in [0.15, 0.2) is 59.6 Å². The summed E-state index contributed by atoms with van der Waals surface area (Å²) in [5.41, 5.74) is 1.74. The Bertz CT molecular complexity index is 937. The van der Waals surface area contributed by atoms with E-state index in [-0.39, 0.29) is 0 Å². The summed E-state index contributed by atoms with van der Waals surface area (Å²) in [6, 6.07) is 15.0. The molecule has 130 valence electrons. The molecule has 0 amide bonds. The molecule has 0 radical (unpaired) electrons. The minimum absolute atomic E-state index is 0.304. The third-order valence-corrected chi connectivity index (χ3v) is 4.83. The van der Waals surface area contributed by atoms with Crippen molar-refractivity contribution in [2.75, 3.05) is 0 Å². The van der Waals surface area contributed by atoms with Crippen LogP contribution >= 0.6 is 11.3 Å². The third-order valence-electron chi connectivity index (χ3n) is 3.84. The van der Waals surface area contributed by atoms with Gasteiger partial charge in [-0.2, -0.15) is 13.2 Å². The van der Waals surface area contributed by atoms with E-state index in [1.54, 1.807) is 6.07 Å². The second-order valence-electron chi connectivity index (χ2n) is 5.56. The Labute approximate surface area is 147 Å². The van der Waals surface area contributed by atoms with E-state index >= 15 is 0 Å². The molecule has 2 nitrogen and oxygen atoms in total. The number of hydrogen-bond donors (Lipinski definition) is 0. The molecule has 0 atom stereocenters. The van der Waals surface area contributed by atoms with Gasteiger partial charge in [-0.1, -0.05) is 36.4 Å². The summed E-state index contributed by atoms with van der Waals surface area (Å²) in [7, 11) is 0. The van der Waals surface area contributed by atoms with Gasteiger partial charge in [-0.15, -0.1) is 11.3 Å². The lowest BCUT2D eigenvalue weighted by Crippen LogP contribution is -2.14. The second kappa shape index (κ2) is 6.88. The van der Waals surface area contributed by atoms with Gasteiger partial charge in [0.2, 0.25) is 0 Å². The fraction of sp³-hybridized carbons (Fsp3) is 0.211. The largest absolute Gasteiger partial charge is 0.416 e. The zero-order chi connectivity index (χ0) is 18.0. The molecule has 2 aromatic carbocycles. The highest BCUT2D eigenvalue weighted by Crippen LogP contribution is 2.31. The van der Waals surface area contributed by atoms with Crippen LogP contribution in [0.5, 0.6) is 0 Å². The Balaban J connectivity index is 2.14. The lowest BCUT2D eigenvalue weighted by molar-refractivity contribution is -0.137. The summed E-state index contributed by atoms with van der Waals surface area (Å²) in [5, 5.41) is 0. The zero-order valence-electron chi connectivity index (χ0n) is 13.8.